The summed E-state index contributed by atoms with van der Waals surface area (Å²) in [7, 11) is 0. The third-order valence-electron chi connectivity index (χ3n) is 3.45. The number of benzene rings is 2. The first kappa shape index (κ1) is 11.3. The van der Waals surface area contributed by atoms with E-state index < -0.39 is 0 Å². The van der Waals surface area contributed by atoms with E-state index in [-0.39, 0.29) is 5.70 Å². The SMILES string of the molecule is [C-]#[N+]/C(C#N)=C1\C(=C)Cc2cc3ccccc3cc21. The topological polar surface area (TPSA) is 28.1 Å². The fraction of sp³-hybridized carbons (Fsp3) is 0.0588. The molecule has 0 spiro atoms. The van der Waals surface area contributed by atoms with Gasteiger partial charge in [-0.05, 0) is 34.4 Å². The lowest BCUT2D eigenvalue weighted by Gasteiger charge is -2.04. The van der Waals surface area contributed by atoms with Crippen molar-refractivity contribution >= 4 is 16.3 Å². The lowest BCUT2D eigenvalue weighted by Crippen LogP contribution is -1.85. The standard InChI is InChI=1S/C17H10N2/c1-11-7-14-8-12-5-3-4-6-13(12)9-15(14)17(11)16(10-18)19-2/h3-6,8-9H,1,7H2/b17-16+. The van der Waals surface area contributed by atoms with Gasteiger partial charge >= 0.3 is 0 Å². The summed E-state index contributed by atoms with van der Waals surface area (Å²) in [6.45, 7) is 11.1. The molecule has 0 radical (unpaired) electrons. The Morgan fingerprint density at radius 3 is 2.58 bits per heavy atom. The van der Waals surface area contributed by atoms with E-state index in [1.54, 1.807) is 0 Å². The third kappa shape index (κ3) is 1.63. The number of allylic oxidation sites excluding steroid dienone is 3. The lowest BCUT2D eigenvalue weighted by molar-refractivity contribution is 1.29. The Morgan fingerprint density at radius 1 is 1.26 bits per heavy atom. The predicted molar refractivity (Wildman–Crippen MR) is 75.9 cm³/mol. The highest BCUT2D eigenvalue weighted by molar-refractivity contribution is 5.96. The molecule has 0 N–H and O–H groups in total. The summed E-state index contributed by atoms with van der Waals surface area (Å²) in [5, 5.41) is 11.4. The number of rotatable bonds is 0. The normalized spacial score (nSPS) is 15.8. The predicted octanol–water partition coefficient (Wildman–Crippen LogP) is 4.11. The van der Waals surface area contributed by atoms with Gasteiger partial charge in [0.1, 0.15) is 0 Å². The van der Waals surface area contributed by atoms with Gasteiger partial charge in [0.15, 0.2) is 0 Å². The summed E-state index contributed by atoms with van der Waals surface area (Å²) in [4.78, 5) is 3.33. The highest BCUT2D eigenvalue weighted by Gasteiger charge is 2.23. The maximum absolute atomic E-state index is 9.08. The van der Waals surface area contributed by atoms with Gasteiger partial charge in [-0.3, -0.25) is 0 Å². The quantitative estimate of drug-likeness (QED) is 0.504. The first-order valence-electron chi connectivity index (χ1n) is 5.96. The largest absolute Gasteiger partial charge is 0.269 e. The second-order valence-corrected chi connectivity index (χ2v) is 4.58. The lowest BCUT2D eigenvalue weighted by atomic mass is 10.00. The van der Waals surface area contributed by atoms with Crippen LogP contribution < -0.4 is 0 Å². The zero-order valence-electron chi connectivity index (χ0n) is 10.3. The molecule has 19 heavy (non-hydrogen) atoms. The van der Waals surface area contributed by atoms with E-state index in [9.17, 15) is 0 Å². The monoisotopic (exact) mass is 242 g/mol. The molecule has 1 aliphatic rings. The van der Waals surface area contributed by atoms with Gasteiger partial charge in [-0.1, -0.05) is 42.5 Å². The molecule has 0 amide bonds. The van der Waals surface area contributed by atoms with Crippen LogP contribution in [-0.2, 0) is 6.42 Å². The van der Waals surface area contributed by atoms with Crippen molar-refractivity contribution in [2.75, 3.05) is 0 Å². The van der Waals surface area contributed by atoms with Gasteiger partial charge < -0.3 is 0 Å². The molecule has 0 unspecified atom stereocenters. The molecule has 0 bridgehead atoms. The zero-order valence-corrected chi connectivity index (χ0v) is 10.3. The second kappa shape index (κ2) is 4.12. The van der Waals surface area contributed by atoms with Crippen LogP contribution in [0.4, 0.5) is 0 Å². The van der Waals surface area contributed by atoms with E-state index in [1.165, 1.54) is 5.39 Å². The van der Waals surface area contributed by atoms with Gasteiger partial charge in [0.25, 0.3) is 5.70 Å². The van der Waals surface area contributed by atoms with Crippen molar-refractivity contribution in [1.82, 2.24) is 0 Å². The van der Waals surface area contributed by atoms with Gasteiger partial charge in [0.2, 0.25) is 0 Å². The molecule has 0 aromatic heterocycles. The molecule has 0 saturated heterocycles. The summed E-state index contributed by atoms with van der Waals surface area (Å²) in [5.41, 5.74) is 3.85. The molecule has 2 heteroatoms. The number of hydrogen-bond donors (Lipinski definition) is 0. The zero-order chi connectivity index (χ0) is 13.4. The molecule has 2 aromatic carbocycles. The van der Waals surface area contributed by atoms with E-state index >= 15 is 0 Å². The third-order valence-corrected chi connectivity index (χ3v) is 3.45. The molecule has 3 rings (SSSR count). The van der Waals surface area contributed by atoms with E-state index in [0.717, 1.165) is 34.1 Å². The Hall–Kier alpha value is -2.84. The minimum Gasteiger partial charge on any atom is -0.226 e. The summed E-state index contributed by atoms with van der Waals surface area (Å²) in [6.07, 6.45) is 0.718. The Bertz CT molecular complexity index is 810. The number of fused-ring (bicyclic) bond motifs is 2. The van der Waals surface area contributed by atoms with Crippen molar-refractivity contribution in [1.29, 1.82) is 5.26 Å². The Labute approximate surface area is 111 Å². The highest BCUT2D eigenvalue weighted by Crippen LogP contribution is 2.40. The van der Waals surface area contributed by atoms with Gasteiger partial charge in [-0.2, -0.15) is 0 Å². The van der Waals surface area contributed by atoms with Crippen LogP contribution in [0.3, 0.4) is 0 Å². The van der Waals surface area contributed by atoms with E-state index in [1.807, 2.05) is 24.3 Å². The molecule has 2 nitrogen and oxygen atoms in total. The first-order chi connectivity index (χ1) is 9.24. The molecule has 88 valence electrons. The van der Waals surface area contributed by atoms with Gasteiger partial charge in [0, 0.05) is 5.57 Å². The summed E-state index contributed by atoms with van der Waals surface area (Å²) >= 11 is 0. The van der Waals surface area contributed by atoms with E-state index in [4.69, 9.17) is 11.8 Å². The summed E-state index contributed by atoms with van der Waals surface area (Å²) in [6, 6.07) is 14.3. The average Bonchev–Trinajstić information content (AvgIpc) is 2.74. The molecule has 0 heterocycles. The smallest absolute Gasteiger partial charge is 0.226 e. The molecule has 0 saturated carbocycles. The summed E-state index contributed by atoms with van der Waals surface area (Å²) < 4.78 is 0. The molecule has 0 atom stereocenters. The van der Waals surface area contributed by atoms with Crippen LogP contribution in [0.5, 0.6) is 0 Å². The Kier molecular flexibility index (Phi) is 2.44. The van der Waals surface area contributed by atoms with Crippen LogP contribution in [0.15, 0.2) is 54.2 Å². The maximum Gasteiger partial charge on any atom is 0.269 e. The highest BCUT2D eigenvalue weighted by atomic mass is 14.7. The van der Waals surface area contributed by atoms with Gasteiger partial charge in [-0.25, -0.2) is 10.1 Å². The van der Waals surface area contributed by atoms with Crippen molar-refractivity contribution in [2.45, 2.75) is 6.42 Å². The number of nitrogens with zero attached hydrogens (tertiary/aromatic N) is 2. The van der Waals surface area contributed by atoms with E-state index in [0.29, 0.717) is 0 Å². The van der Waals surface area contributed by atoms with Crippen LogP contribution in [0.25, 0.3) is 21.2 Å². The second-order valence-electron chi connectivity index (χ2n) is 4.58. The van der Waals surface area contributed by atoms with Crippen LogP contribution in [0.1, 0.15) is 11.1 Å². The Morgan fingerprint density at radius 2 is 1.95 bits per heavy atom. The van der Waals surface area contributed by atoms with Crippen LogP contribution >= 0.6 is 0 Å². The average molecular weight is 242 g/mol. The fourth-order valence-corrected chi connectivity index (χ4v) is 2.61. The van der Waals surface area contributed by atoms with Crippen molar-refractivity contribution in [3.8, 4) is 6.07 Å². The molecule has 2 aromatic rings. The van der Waals surface area contributed by atoms with Crippen molar-refractivity contribution in [2.24, 2.45) is 0 Å². The number of nitriles is 1. The van der Waals surface area contributed by atoms with Gasteiger partial charge in [0.05, 0.1) is 12.6 Å². The van der Waals surface area contributed by atoms with Crippen molar-refractivity contribution in [3.05, 3.63) is 76.8 Å². The van der Waals surface area contributed by atoms with Gasteiger partial charge in [-0.15, -0.1) is 0 Å². The fourth-order valence-electron chi connectivity index (χ4n) is 2.61. The maximum atomic E-state index is 9.08. The molecule has 0 fully saturated rings. The molecule has 0 aliphatic heterocycles. The van der Waals surface area contributed by atoms with Crippen LogP contribution in [0.2, 0.25) is 0 Å². The van der Waals surface area contributed by atoms with E-state index in [2.05, 4.69) is 29.6 Å². The minimum absolute atomic E-state index is 0.138. The minimum atomic E-state index is 0.138. The van der Waals surface area contributed by atoms with Crippen molar-refractivity contribution < 1.29 is 0 Å². The van der Waals surface area contributed by atoms with Crippen molar-refractivity contribution in [3.63, 3.8) is 0 Å². The molecule has 1 aliphatic carbocycles. The molecular formula is C17H10N2. The van der Waals surface area contributed by atoms with Crippen LogP contribution in [-0.4, -0.2) is 0 Å². The molecular weight excluding hydrogens is 232 g/mol. The summed E-state index contributed by atoms with van der Waals surface area (Å²) in [5.74, 6) is 0. The van der Waals surface area contributed by atoms with Crippen LogP contribution in [0, 0.1) is 17.9 Å². The number of hydrogen-bond acceptors (Lipinski definition) is 1. The Balaban J connectivity index is 2.37. The first-order valence-corrected chi connectivity index (χ1v) is 5.96.